The maximum Gasteiger partial charge on any atom is 0.343 e. The van der Waals surface area contributed by atoms with Gasteiger partial charge in [-0.25, -0.2) is 4.79 Å². The van der Waals surface area contributed by atoms with E-state index in [9.17, 15) is 19.2 Å². The van der Waals surface area contributed by atoms with E-state index in [0.29, 0.717) is 17.1 Å². The molecule has 10 nitrogen and oxygen atoms in total. The van der Waals surface area contributed by atoms with Gasteiger partial charge in [0.2, 0.25) is 5.91 Å². The van der Waals surface area contributed by atoms with Crippen molar-refractivity contribution in [3.05, 3.63) is 53.1 Å². The highest BCUT2D eigenvalue weighted by Gasteiger charge is 2.37. The average Bonchev–Trinajstić information content (AvgIpc) is 3.15. The zero-order chi connectivity index (χ0) is 24.1. The second kappa shape index (κ2) is 10.0. The van der Waals surface area contributed by atoms with Gasteiger partial charge in [-0.15, -0.1) is 0 Å². The lowest BCUT2D eigenvalue weighted by atomic mass is 10.1. The van der Waals surface area contributed by atoms with E-state index in [-0.39, 0.29) is 36.3 Å². The number of hydrogen-bond donors (Lipinski definition) is 1. The number of amides is 2. The highest BCUT2D eigenvalue weighted by atomic mass is 16.5. The van der Waals surface area contributed by atoms with E-state index in [1.54, 1.807) is 24.3 Å². The zero-order valence-corrected chi connectivity index (χ0v) is 18.5. The van der Waals surface area contributed by atoms with Gasteiger partial charge in [0.15, 0.2) is 11.5 Å². The SMILES string of the molecule is COC(=O)CCC(C(N)=O)N1Cc2c(OC(=O)c3ccc(OC)c(OC)c3)cccc2C1=O. The lowest BCUT2D eigenvalue weighted by Crippen LogP contribution is -2.45. The summed E-state index contributed by atoms with van der Waals surface area (Å²) in [6.07, 6.45) is -0.0616. The van der Waals surface area contributed by atoms with Gasteiger partial charge in [0.25, 0.3) is 5.91 Å². The van der Waals surface area contributed by atoms with Gasteiger partial charge in [-0.1, -0.05) is 6.07 Å². The lowest BCUT2D eigenvalue weighted by Gasteiger charge is -2.24. The molecule has 1 aliphatic heterocycles. The zero-order valence-electron chi connectivity index (χ0n) is 18.5. The number of hydrogen-bond acceptors (Lipinski definition) is 8. The molecule has 2 aromatic rings. The van der Waals surface area contributed by atoms with Gasteiger partial charge >= 0.3 is 11.9 Å². The van der Waals surface area contributed by atoms with E-state index in [0.717, 1.165) is 0 Å². The molecule has 0 aliphatic carbocycles. The summed E-state index contributed by atoms with van der Waals surface area (Å²) in [6.45, 7) is -0.00165. The standard InChI is InChI=1S/C23H24N2O8/c1-30-18-9-7-13(11-19(18)31-2)23(29)33-17-6-4-5-14-15(17)12-25(22(14)28)16(21(24)27)8-10-20(26)32-3/h4-7,9,11,16H,8,10,12H2,1-3H3,(H2,24,27). The summed E-state index contributed by atoms with van der Waals surface area (Å²) in [5.74, 6) is -1.37. The van der Waals surface area contributed by atoms with Crippen LogP contribution < -0.4 is 19.9 Å². The average molecular weight is 456 g/mol. The number of methoxy groups -OCH3 is 3. The number of nitrogens with zero attached hydrogens (tertiary/aromatic N) is 1. The topological polar surface area (TPSA) is 134 Å². The predicted molar refractivity (Wildman–Crippen MR) is 115 cm³/mol. The number of benzene rings is 2. The molecular weight excluding hydrogens is 432 g/mol. The minimum atomic E-state index is -1.02. The van der Waals surface area contributed by atoms with Crippen molar-refractivity contribution in [2.24, 2.45) is 5.73 Å². The molecule has 0 saturated carbocycles. The second-order valence-electron chi connectivity index (χ2n) is 7.21. The molecule has 1 atom stereocenters. The molecule has 0 fully saturated rings. The molecule has 2 N–H and O–H groups in total. The number of esters is 2. The summed E-state index contributed by atoms with van der Waals surface area (Å²) in [5.41, 5.74) is 6.45. The molecule has 2 amide bonds. The molecule has 0 spiro atoms. The summed E-state index contributed by atoms with van der Waals surface area (Å²) in [6, 6.07) is 8.28. The molecule has 0 radical (unpaired) electrons. The molecule has 0 bridgehead atoms. The Labute approximate surface area is 190 Å². The second-order valence-corrected chi connectivity index (χ2v) is 7.21. The Bertz CT molecular complexity index is 1100. The first-order valence-corrected chi connectivity index (χ1v) is 10.0. The highest BCUT2D eigenvalue weighted by molar-refractivity contribution is 6.02. The van der Waals surface area contributed by atoms with Crippen LogP contribution in [0.2, 0.25) is 0 Å². The number of nitrogens with two attached hydrogens (primary N) is 1. The first-order chi connectivity index (χ1) is 15.8. The molecule has 33 heavy (non-hydrogen) atoms. The summed E-state index contributed by atoms with van der Waals surface area (Å²) in [4.78, 5) is 50.5. The smallest absolute Gasteiger partial charge is 0.343 e. The summed E-state index contributed by atoms with van der Waals surface area (Å²) >= 11 is 0. The van der Waals surface area contributed by atoms with Crippen molar-refractivity contribution in [1.82, 2.24) is 4.90 Å². The Balaban J connectivity index is 1.83. The van der Waals surface area contributed by atoms with Crippen LogP contribution in [0.5, 0.6) is 17.2 Å². The monoisotopic (exact) mass is 456 g/mol. The van der Waals surface area contributed by atoms with Crippen LogP contribution in [0.4, 0.5) is 0 Å². The summed E-state index contributed by atoms with van der Waals surface area (Å²) in [5, 5.41) is 0. The van der Waals surface area contributed by atoms with Crippen molar-refractivity contribution < 1.29 is 38.1 Å². The fourth-order valence-corrected chi connectivity index (χ4v) is 3.60. The van der Waals surface area contributed by atoms with Crippen LogP contribution in [0.3, 0.4) is 0 Å². The quantitative estimate of drug-likeness (QED) is 0.445. The van der Waals surface area contributed by atoms with Crippen LogP contribution >= 0.6 is 0 Å². The Hall–Kier alpha value is -4.08. The molecule has 1 aliphatic rings. The molecule has 0 saturated heterocycles. The summed E-state index contributed by atoms with van der Waals surface area (Å²) in [7, 11) is 4.17. The Morgan fingerprint density at radius 1 is 1.03 bits per heavy atom. The van der Waals surface area contributed by atoms with Gasteiger partial charge in [-0.05, 0) is 36.8 Å². The van der Waals surface area contributed by atoms with E-state index in [2.05, 4.69) is 4.74 Å². The van der Waals surface area contributed by atoms with E-state index in [1.165, 1.54) is 38.4 Å². The van der Waals surface area contributed by atoms with Crippen LogP contribution in [0, 0.1) is 0 Å². The molecule has 3 rings (SSSR count). The highest BCUT2D eigenvalue weighted by Crippen LogP contribution is 2.34. The predicted octanol–water partition coefficient (Wildman–Crippen LogP) is 1.69. The normalized spacial score (nSPS) is 13.2. The van der Waals surface area contributed by atoms with Crippen molar-refractivity contribution in [1.29, 1.82) is 0 Å². The van der Waals surface area contributed by atoms with Gasteiger partial charge in [0.1, 0.15) is 11.8 Å². The number of ether oxygens (including phenoxy) is 4. The molecule has 0 aromatic heterocycles. The largest absolute Gasteiger partial charge is 0.493 e. The van der Waals surface area contributed by atoms with Crippen LogP contribution in [0.1, 0.15) is 39.1 Å². The summed E-state index contributed by atoms with van der Waals surface area (Å²) < 4.78 is 20.5. The number of primary amides is 1. The third-order valence-corrected chi connectivity index (χ3v) is 5.33. The first-order valence-electron chi connectivity index (χ1n) is 10.0. The number of rotatable bonds is 9. The molecule has 1 heterocycles. The van der Waals surface area contributed by atoms with Gasteiger partial charge < -0.3 is 29.6 Å². The van der Waals surface area contributed by atoms with Gasteiger partial charge in [-0.2, -0.15) is 0 Å². The van der Waals surface area contributed by atoms with E-state index < -0.39 is 29.8 Å². The van der Waals surface area contributed by atoms with E-state index in [4.69, 9.17) is 19.9 Å². The van der Waals surface area contributed by atoms with E-state index in [1.807, 2.05) is 0 Å². The minimum Gasteiger partial charge on any atom is -0.493 e. The maximum absolute atomic E-state index is 12.9. The number of fused-ring (bicyclic) bond motifs is 1. The Morgan fingerprint density at radius 3 is 2.39 bits per heavy atom. The van der Waals surface area contributed by atoms with Crippen molar-refractivity contribution in [2.75, 3.05) is 21.3 Å². The fourth-order valence-electron chi connectivity index (χ4n) is 3.60. The van der Waals surface area contributed by atoms with Gasteiger partial charge in [0, 0.05) is 17.5 Å². The van der Waals surface area contributed by atoms with Crippen molar-refractivity contribution in [3.8, 4) is 17.2 Å². The van der Waals surface area contributed by atoms with Gasteiger partial charge in [-0.3, -0.25) is 14.4 Å². The molecule has 10 heteroatoms. The third-order valence-electron chi connectivity index (χ3n) is 5.33. The van der Waals surface area contributed by atoms with Crippen LogP contribution in [0.25, 0.3) is 0 Å². The van der Waals surface area contributed by atoms with Crippen molar-refractivity contribution >= 4 is 23.8 Å². The number of carbonyl (C=O) groups excluding carboxylic acids is 4. The maximum atomic E-state index is 12.9. The van der Waals surface area contributed by atoms with Gasteiger partial charge in [0.05, 0.1) is 33.4 Å². The van der Waals surface area contributed by atoms with Crippen LogP contribution in [-0.4, -0.2) is 56.0 Å². The molecule has 174 valence electrons. The van der Waals surface area contributed by atoms with Crippen molar-refractivity contribution in [3.63, 3.8) is 0 Å². The first kappa shape index (κ1) is 23.6. The number of carbonyl (C=O) groups is 4. The van der Waals surface area contributed by atoms with E-state index >= 15 is 0 Å². The Morgan fingerprint density at radius 2 is 1.76 bits per heavy atom. The minimum absolute atomic E-state index is 0.00165. The molecule has 2 aromatic carbocycles. The van der Waals surface area contributed by atoms with Crippen molar-refractivity contribution in [2.45, 2.75) is 25.4 Å². The lowest BCUT2D eigenvalue weighted by molar-refractivity contribution is -0.141. The van der Waals surface area contributed by atoms with Crippen LogP contribution in [-0.2, 0) is 20.9 Å². The Kier molecular flexibility index (Phi) is 7.17. The van der Waals surface area contributed by atoms with Crippen LogP contribution in [0.15, 0.2) is 36.4 Å². The molecule has 1 unspecified atom stereocenters. The third kappa shape index (κ3) is 4.89. The molecular formula is C23H24N2O8. The fraction of sp³-hybridized carbons (Fsp3) is 0.304.